The number of carboxylic acids is 1. The van der Waals surface area contributed by atoms with Gasteiger partial charge in [0.15, 0.2) is 0 Å². The molecule has 2 rings (SSSR count). The van der Waals surface area contributed by atoms with E-state index in [9.17, 15) is 9.59 Å². The first-order valence-electron chi connectivity index (χ1n) is 6.18. The highest BCUT2D eigenvalue weighted by molar-refractivity contribution is 5.88. The second-order valence-corrected chi connectivity index (χ2v) is 4.61. The van der Waals surface area contributed by atoms with Crippen molar-refractivity contribution in [3.63, 3.8) is 0 Å². The van der Waals surface area contributed by atoms with Gasteiger partial charge in [0.2, 0.25) is 5.91 Å². The van der Waals surface area contributed by atoms with E-state index in [1.807, 2.05) is 0 Å². The van der Waals surface area contributed by atoms with Crippen molar-refractivity contribution in [2.45, 2.75) is 39.2 Å². The minimum atomic E-state index is -0.996. The summed E-state index contributed by atoms with van der Waals surface area (Å²) < 4.78 is 5.39. The number of aryl methyl sites for hydroxylation is 1. The average molecular weight is 251 g/mol. The van der Waals surface area contributed by atoms with Crippen molar-refractivity contribution in [1.29, 1.82) is 0 Å². The highest BCUT2D eigenvalue weighted by atomic mass is 16.4. The van der Waals surface area contributed by atoms with Crippen LogP contribution in [0.1, 0.15) is 47.6 Å². The van der Waals surface area contributed by atoms with Gasteiger partial charge in [0.05, 0.1) is 6.54 Å². The molecule has 1 aromatic heterocycles. The van der Waals surface area contributed by atoms with Gasteiger partial charge >= 0.3 is 5.97 Å². The molecule has 5 nitrogen and oxygen atoms in total. The Morgan fingerprint density at radius 3 is 2.89 bits per heavy atom. The summed E-state index contributed by atoms with van der Waals surface area (Å²) in [4.78, 5) is 24.5. The van der Waals surface area contributed by atoms with E-state index in [-0.39, 0.29) is 11.5 Å². The predicted molar refractivity (Wildman–Crippen MR) is 64.3 cm³/mol. The van der Waals surface area contributed by atoms with Crippen LogP contribution in [0.2, 0.25) is 0 Å². The molecule has 98 valence electrons. The van der Waals surface area contributed by atoms with Crippen LogP contribution in [0.5, 0.6) is 0 Å². The number of amides is 1. The number of carbonyl (C=O) groups excluding carboxylic acids is 1. The number of rotatable bonds is 3. The van der Waals surface area contributed by atoms with E-state index in [1.54, 1.807) is 11.8 Å². The SMILES string of the molecule is Cc1oc(CN2CCCCCC2=O)cc1C(=O)O. The Hall–Kier alpha value is -1.78. The Kier molecular flexibility index (Phi) is 3.69. The van der Waals surface area contributed by atoms with Crippen LogP contribution in [0.15, 0.2) is 10.5 Å². The van der Waals surface area contributed by atoms with Crippen LogP contribution in [0.3, 0.4) is 0 Å². The Morgan fingerprint density at radius 2 is 2.22 bits per heavy atom. The molecule has 0 atom stereocenters. The standard InChI is InChI=1S/C13H17NO4/c1-9-11(13(16)17)7-10(18-9)8-14-6-4-2-3-5-12(14)15/h7H,2-6,8H2,1H3,(H,16,17). The molecule has 1 aliphatic rings. The maximum absolute atomic E-state index is 11.8. The zero-order valence-corrected chi connectivity index (χ0v) is 10.4. The van der Waals surface area contributed by atoms with E-state index in [4.69, 9.17) is 9.52 Å². The van der Waals surface area contributed by atoms with Crippen LogP contribution in [-0.2, 0) is 11.3 Å². The molecule has 0 saturated carbocycles. The number of furan rings is 1. The van der Waals surface area contributed by atoms with Crippen molar-refractivity contribution in [2.75, 3.05) is 6.54 Å². The van der Waals surface area contributed by atoms with E-state index in [2.05, 4.69) is 0 Å². The first kappa shape index (κ1) is 12.7. The first-order valence-corrected chi connectivity index (χ1v) is 6.18. The van der Waals surface area contributed by atoms with E-state index < -0.39 is 5.97 Å². The molecule has 1 saturated heterocycles. The van der Waals surface area contributed by atoms with Gasteiger partial charge in [-0.1, -0.05) is 6.42 Å². The van der Waals surface area contributed by atoms with Crippen molar-refractivity contribution in [3.05, 3.63) is 23.2 Å². The first-order chi connectivity index (χ1) is 8.58. The molecule has 2 heterocycles. The molecule has 0 radical (unpaired) electrons. The summed E-state index contributed by atoms with van der Waals surface area (Å²) in [7, 11) is 0. The average Bonchev–Trinajstić information content (AvgIpc) is 2.56. The molecular formula is C13H17NO4. The molecule has 0 spiro atoms. The molecule has 0 aromatic carbocycles. The number of carbonyl (C=O) groups is 2. The third-order valence-corrected chi connectivity index (χ3v) is 3.22. The third kappa shape index (κ3) is 2.72. The van der Waals surface area contributed by atoms with Gasteiger partial charge in [-0.05, 0) is 25.8 Å². The van der Waals surface area contributed by atoms with E-state index in [0.717, 1.165) is 25.8 Å². The van der Waals surface area contributed by atoms with Crippen LogP contribution < -0.4 is 0 Å². The monoisotopic (exact) mass is 251 g/mol. The zero-order valence-electron chi connectivity index (χ0n) is 10.4. The number of likely N-dealkylation sites (tertiary alicyclic amines) is 1. The fourth-order valence-corrected chi connectivity index (χ4v) is 2.23. The van der Waals surface area contributed by atoms with Crippen molar-refractivity contribution < 1.29 is 19.1 Å². The molecule has 18 heavy (non-hydrogen) atoms. The van der Waals surface area contributed by atoms with Gasteiger partial charge in [0.25, 0.3) is 0 Å². The van der Waals surface area contributed by atoms with Gasteiger partial charge in [-0.15, -0.1) is 0 Å². The van der Waals surface area contributed by atoms with Crippen LogP contribution in [0.4, 0.5) is 0 Å². The molecule has 0 bridgehead atoms. The Balaban J connectivity index is 2.10. The van der Waals surface area contributed by atoms with E-state index >= 15 is 0 Å². The minimum Gasteiger partial charge on any atom is -0.478 e. The normalized spacial score (nSPS) is 16.7. The van der Waals surface area contributed by atoms with Gasteiger partial charge in [-0.2, -0.15) is 0 Å². The minimum absolute atomic E-state index is 0.124. The van der Waals surface area contributed by atoms with Crippen LogP contribution in [0, 0.1) is 6.92 Å². The largest absolute Gasteiger partial charge is 0.478 e. The van der Waals surface area contributed by atoms with Crippen molar-refractivity contribution >= 4 is 11.9 Å². The molecule has 1 fully saturated rings. The topological polar surface area (TPSA) is 70.8 Å². The zero-order chi connectivity index (χ0) is 13.1. The third-order valence-electron chi connectivity index (χ3n) is 3.22. The maximum atomic E-state index is 11.8. The number of nitrogens with zero attached hydrogens (tertiary/aromatic N) is 1. The summed E-state index contributed by atoms with van der Waals surface area (Å²) in [5.74, 6) is 0.0584. The summed E-state index contributed by atoms with van der Waals surface area (Å²) >= 11 is 0. The summed E-state index contributed by atoms with van der Waals surface area (Å²) in [5.41, 5.74) is 0.173. The van der Waals surface area contributed by atoms with Crippen LogP contribution in [0.25, 0.3) is 0 Å². The highest BCUT2D eigenvalue weighted by Gasteiger charge is 2.20. The van der Waals surface area contributed by atoms with Crippen molar-refractivity contribution in [1.82, 2.24) is 4.90 Å². The molecule has 0 aliphatic carbocycles. The molecule has 5 heteroatoms. The lowest BCUT2D eigenvalue weighted by Gasteiger charge is -2.18. The summed E-state index contributed by atoms with van der Waals surface area (Å²) in [6.07, 6.45) is 3.58. The second-order valence-electron chi connectivity index (χ2n) is 4.61. The van der Waals surface area contributed by atoms with E-state index in [0.29, 0.717) is 24.5 Å². The molecule has 1 amide bonds. The van der Waals surface area contributed by atoms with Gasteiger partial charge < -0.3 is 14.4 Å². The number of aromatic carboxylic acids is 1. The molecule has 0 unspecified atom stereocenters. The lowest BCUT2D eigenvalue weighted by atomic mass is 10.2. The predicted octanol–water partition coefficient (Wildman–Crippen LogP) is 2.19. The van der Waals surface area contributed by atoms with Crippen molar-refractivity contribution in [2.24, 2.45) is 0 Å². The van der Waals surface area contributed by atoms with Crippen LogP contribution in [-0.4, -0.2) is 28.4 Å². The highest BCUT2D eigenvalue weighted by Crippen LogP contribution is 2.19. The molecule has 1 N–H and O–H groups in total. The summed E-state index contributed by atoms with van der Waals surface area (Å²) in [5, 5.41) is 8.94. The number of hydrogen-bond acceptors (Lipinski definition) is 3. The molecule has 1 aromatic rings. The Bertz CT molecular complexity index is 464. The fraction of sp³-hybridized carbons (Fsp3) is 0.538. The lowest BCUT2D eigenvalue weighted by molar-refractivity contribution is -0.131. The van der Waals surface area contributed by atoms with Gasteiger partial charge in [-0.25, -0.2) is 4.79 Å². The van der Waals surface area contributed by atoms with Gasteiger partial charge in [0.1, 0.15) is 17.1 Å². The molecule has 1 aliphatic heterocycles. The fourth-order valence-electron chi connectivity index (χ4n) is 2.23. The molecular weight excluding hydrogens is 234 g/mol. The second kappa shape index (κ2) is 5.25. The quantitative estimate of drug-likeness (QED) is 0.893. The van der Waals surface area contributed by atoms with E-state index in [1.165, 1.54) is 6.07 Å². The smallest absolute Gasteiger partial charge is 0.339 e. The van der Waals surface area contributed by atoms with Gasteiger partial charge in [-0.3, -0.25) is 4.79 Å². The Morgan fingerprint density at radius 1 is 1.44 bits per heavy atom. The van der Waals surface area contributed by atoms with Crippen molar-refractivity contribution in [3.8, 4) is 0 Å². The van der Waals surface area contributed by atoms with Gasteiger partial charge in [0, 0.05) is 13.0 Å². The number of hydrogen-bond donors (Lipinski definition) is 1. The summed E-state index contributed by atoms with van der Waals surface area (Å²) in [6.45, 7) is 2.71. The summed E-state index contributed by atoms with van der Waals surface area (Å²) in [6, 6.07) is 1.51. The number of carboxylic acid groups (broad SMARTS) is 1. The lowest BCUT2D eigenvalue weighted by Crippen LogP contribution is -2.29. The van der Waals surface area contributed by atoms with Crippen LogP contribution >= 0.6 is 0 Å². The Labute approximate surface area is 105 Å². The maximum Gasteiger partial charge on any atom is 0.339 e.